The van der Waals surface area contributed by atoms with Gasteiger partial charge in [0, 0.05) is 0 Å². The Morgan fingerprint density at radius 3 is 2.68 bits per heavy atom. The Hall–Kier alpha value is -2.09. The number of carbonyl (C=O) groups excluding carboxylic acids is 1. The number of benzene rings is 2. The monoisotopic (exact) mass is 251 g/mol. The van der Waals surface area contributed by atoms with Crippen molar-refractivity contribution in [2.24, 2.45) is 0 Å². The van der Waals surface area contributed by atoms with Gasteiger partial charge in [-0.2, -0.15) is 0 Å². The van der Waals surface area contributed by atoms with Gasteiger partial charge in [0.2, 0.25) is 5.91 Å². The smallest absolute Gasteiger partial charge is 0.236 e. The van der Waals surface area contributed by atoms with Gasteiger partial charge in [-0.15, -0.1) is 0 Å². The molecule has 0 unspecified atom stereocenters. The van der Waals surface area contributed by atoms with E-state index in [1.807, 2.05) is 29.2 Å². The summed E-state index contributed by atoms with van der Waals surface area (Å²) in [5.41, 5.74) is 5.61. The Morgan fingerprint density at radius 2 is 1.89 bits per heavy atom. The average molecular weight is 251 g/mol. The Kier molecular flexibility index (Phi) is 2.86. The Morgan fingerprint density at radius 1 is 1.11 bits per heavy atom. The van der Waals surface area contributed by atoms with E-state index in [1.54, 1.807) is 0 Å². The summed E-state index contributed by atoms with van der Waals surface area (Å²) in [6.07, 6.45) is 1.44. The molecule has 1 amide bonds. The molecule has 0 atom stereocenters. The highest BCUT2D eigenvalue weighted by Crippen LogP contribution is 2.38. The molecule has 2 aromatic rings. The molecule has 19 heavy (non-hydrogen) atoms. The topological polar surface area (TPSA) is 20.3 Å². The van der Waals surface area contributed by atoms with Crippen LogP contribution in [0.5, 0.6) is 0 Å². The second-order valence-electron chi connectivity index (χ2n) is 4.97. The highest BCUT2D eigenvalue weighted by Gasteiger charge is 2.30. The Bertz CT molecular complexity index is 645. The molecule has 0 fully saturated rings. The van der Waals surface area contributed by atoms with Crippen LogP contribution in [0.4, 0.5) is 11.4 Å². The molecular weight excluding hydrogens is 234 g/mol. The van der Waals surface area contributed by atoms with Gasteiger partial charge in [-0.3, -0.25) is 9.69 Å². The maximum absolute atomic E-state index is 12.4. The number of fused-ring (bicyclic) bond motifs is 1. The summed E-state index contributed by atoms with van der Waals surface area (Å²) in [4.78, 5) is 14.3. The fraction of sp³-hybridized carbons (Fsp3) is 0.235. The van der Waals surface area contributed by atoms with Gasteiger partial charge in [-0.25, -0.2) is 0 Å². The van der Waals surface area contributed by atoms with Gasteiger partial charge in [-0.1, -0.05) is 43.3 Å². The summed E-state index contributed by atoms with van der Waals surface area (Å²) in [5, 5.41) is 0. The number of anilines is 2. The molecule has 0 N–H and O–H groups in total. The van der Waals surface area contributed by atoms with Crippen LogP contribution in [0.2, 0.25) is 0 Å². The van der Waals surface area contributed by atoms with Crippen LogP contribution in [0.1, 0.15) is 23.6 Å². The molecule has 0 radical (unpaired) electrons. The van der Waals surface area contributed by atoms with Crippen molar-refractivity contribution in [2.75, 3.05) is 4.90 Å². The zero-order chi connectivity index (χ0) is 13.4. The summed E-state index contributed by atoms with van der Waals surface area (Å²) >= 11 is 0. The van der Waals surface area contributed by atoms with Crippen LogP contribution in [0.25, 0.3) is 0 Å². The van der Waals surface area contributed by atoms with E-state index in [0.29, 0.717) is 6.42 Å². The van der Waals surface area contributed by atoms with E-state index in [2.05, 4.69) is 32.0 Å². The van der Waals surface area contributed by atoms with Crippen molar-refractivity contribution >= 4 is 17.3 Å². The quantitative estimate of drug-likeness (QED) is 0.795. The van der Waals surface area contributed by atoms with Crippen molar-refractivity contribution in [1.29, 1.82) is 0 Å². The number of nitrogens with zero attached hydrogens (tertiary/aromatic N) is 1. The predicted molar refractivity (Wildman–Crippen MR) is 77.8 cm³/mol. The van der Waals surface area contributed by atoms with E-state index < -0.39 is 0 Å². The van der Waals surface area contributed by atoms with E-state index in [4.69, 9.17) is 0 Å². The summed E-state index contributed by atoms with van der Waals surface area (Å²) in [6, 6.07) is 14.3. The van der Waals surface area contributed by atoms with Crippen LogP contribution in [-0.4, -0.2) is 5.91 Å². The number of rotatable bonds is 2. The molecule has 2 nitrogen and oxygen atoms in total. The third kappa shape index (κ3) is 1.84. The largest absolute Gasteiger partial charge is 0.280 e. The average Bonchev–Trinajstić information content (AvgIpc) is 2.74. The number of aryl methyl sites for hydroxylation is 2. The van der Waals surface area contributed by atoms with Crippen LogP contribution < -0.4 is 4.90 Å². The molecule has 2 aromatic carbocycles. The number of hydrogen-bond acceptors (Lipinski definition) is 1. The van der Waals surface area contributed by atoms with E-state index >= 15 is 0 Å². The molecule has 0 aliphatic carbocycles. The molecule has 2 heteroatoms. The van der Waals surface area contributed by atoms with Gasteiger partial charge in [0.15, 0.2) is 0 Å². The van der Waals surface area contributed by atoms with Crippen molar-refractivity contribution in [3.05, 3.63) is 59.2 Å². The fourth-order valence-electron chi connectivity index (χ4n) is 2.82. The first kappa shape index (κ1) is 12.0. The molecular formula is C17H17NO. The number of amides is 1. The van der Waals surface area contributed by atoms with Crippen molar-refractivity contribution in [3.8, 4) is 0 Å². The molecule has 3 rings (SSSR count). The molecule has 1 aliphatic rings. The number of carbonyl (C=O) groups is 1. The highest BCUT2D eigenvalue weighted by atomic mass is 16.2. The zero-order valence-corrected chi connectivity index (χ0v) is 11.3. The van der Waals surface area contributed by atoms with E-state index in [1.165, 1.54) is 5.56 Å². The Labute approximate surface area is 113 Å². The molecule has 1 aliphatic heterocycles. The molecule has 0 aromatic heterocycles. The van der Waals surface area contributed by atoms with Gasteiger partial charge in [-0.05, 0) is 36.1 Å². The van der Waals surface area contributed by atoms with Crippen LogP contribution >= 0.6 is 0 Å². The van der Waals surface area contributed by atoms with Gasteiger partial charge in [0.1, 0.15) is 0 Å². The van der Waals surface area contributed by atoms with Crippen molar-refractivity contribution in [1.82, 2.24) is 0 Å². The van der Waals surface area contributed by atoms with Gasteiger partial charge in [0.05, 0.1) is 17.8 Å². The minimum atomic E-state index is 0.171. The normalized spacial score (nSPS) is 13.8. The number of para-hydroxylation sites is 2. The predicted octanol–water partition coefficient (Wildman–Crippen LogP) is 3.78. The lowest BCUT2D eigenvalue weighted by Gasteiger charge is -2.23. The van der Waals surface area contributed by atoms with Crippen LogP contribution in [0.15, 0.2) is 42.5 Å². The summed E-state index contributed by atoms with van der Waals surface area (Å²) in [7, 11) is 0. The molecule has 96 valence electrons. The second-order valence-corrected chi connectivity index (χ2v) is 4.97. The third-order valence-electron chi connectivity index (χ3n) is 3.75. The van der Waals surface area contributed by atoms with E-state index in [0.717, 1.165) is 28.9 Å². The molecule has 0 bridgehead atoms. The van der Waals surface area contributed by atoms with Crippen LogP contribution in [-0.2, 0) is 17.6 Å². The zero-order valence-electron chi connectivity index (χ0n) is 11.3. The number of hydrogen-bond donors (Lipinski definition) is 0. The lowest BCUT2D eigenvalue weighted by atomic mass is 10.0. The van der Waals surface area contributed by atoms with E-state index in [-0.39, 0.29) is 5.91 Å². The van der Waals surface area contributed by atoms with Gasteiger partial charge >= 0.3 is 0 Å². The second kappa shape index (κ2) is 4.54. The highest BCUT2D eigenvalue weighted by molar-refractivity contribution is 6.08. The summed E-state index contributed by atoms with van der Waals surface area (Å²) in [5.74, 6) is 0.171. The van der Waals surface area contributed by atoms with Gasteiger partial charge < -0.3 is 0 Å². The summed E-state index contributed by atoms with van der Waals surface area (Å²) in [6.45, 7) is 4.20. The lowest BCUT2D eigenvalue weighted by molar-refractivity contribution is -0.116. The summed E-state index contributed by atoms with van der Waals surface area (Å²) < 4.78 is 0. The first-order valence-corrected chi connectivity index (χ1v) is 6.71. The lowest BCUT2D eigenvalue weighted by Crippen LogP contribution is -2.23. The van der Waals surface area contributed by atoms with Crippen LogP contribution in [0, 0.1) is 6.92 Å². The minimum absolute atomic E-state index is 0.171. The van der Waals surface area contributed by atoms with Gasteiger partial charge in [0.25, 0.3) is 0 Å². The molecule has 0 saturated heterocycles. The Balaban J connectivity index is 2.20. The fourth-order valence-corrected chi connectivity index (χ4v) is 2.82. The van der Waals surface area contributed by atoms with Crippen molar-refractivity contribution < 1.29 is 4.79 Å². The first-order chi connectivity index (χ1) is 9.22. The van der Waals surface area contributed by atoms with Crippen molar-refractivity contribution in [2.45, 2.75) is 26.7 Å². The minimum Gasteiger partial charge on any atom is -0.280 e. The van der Waals surface area contributed by atoms with Crippen molar-refractivity contribution in [3.63, 3.8) is 0 Å². The molecule has 0 spiro atoms. The van der Waals surface area contributed by atoms with Crippen LogP contribution in [0.3, 0.4) is 0 Å². The third-order valence-corrected chi connectivity index (χ3v) is 3.75. The maximum Gasteiger partial charge on any atom is 0.236 e. The van der Waals surface area contributed by atoms with E-state index in [9.17, 15) is 4.79 Å². The molecule has 1 heterocycles. The molecule has 0 saturated carbocycles. The maximum atomic E-state index is 12.4. The standard InChI is InChI=1S/C17H17NO/c1-3-13-9-6-7-12(2)17(13)18-15-10-5-4-8-14(15)11-16(18)19/h4-10H,3,11H2,1-2H3. The SMILES string of the molecule is CCc1cccc(C)c1N1C(=O)Cc2ccccc21. The first-order valence-electron chi connectivity index (χ1n) is 6.71.